The van der Waals surface area contributed by atoms with Crippen LogP contribution < -0.4 is 10.1 Å². The number of benzene rings is 1. The minimum atomic E-state index is -4.81. The smallest absolute Gasteiger partial charge is 0.449 e. The highest BCUT2D eigenvalue weighted by Crippen LogP contribution is 2.24. The van der Waals surface area contributed by atoms with E-state index in [0.717, 1.165) is 12.1 Å². The highest BCUT2D eigenvalue weighted by Gasteiger charge is 2.31. The quantitative estimate of drug-likeness (QED) is 0.595. The molecule has 1 N–H and O–H groups in total. The summed E-state index contributed by atoms with van der Waals surface area (Å²) in [5.74, 6) is -1.32. The van der Waals surface area contributed by atoms with Gasteiger partial charge in [-0.1, -0.05) is 6.07 Å². The molecule has 3 aromatic rings. The molecule has 0 saturated heterocycles. The number of hydrogen-bond acceptors (Lipinski definition) is 6. The third-order valence-corrected chi connectivity index (χ3v) is 4.10. The van der Waals surface area contributed by atoms with Gasteiger partial charge in [0.05, 0.1) is 11.9 Å². The van der Waals surface area contributed by atoms with Crippen molar-refractivity contribution in [3.63, 3.8) is 0 Å². The minimum absolute atomic E-state index is 0.166. The molecular weight excluding hydrogens is 417 g/mol. The molecule has 0 aliphatic carbocycles. The third kappa shape index (κ3) is 5.59. The van der Waals surface area contributed by atoms with Gasteiger partial charge in [-0.25, -0.2) is 14.5 Å². The second-order valence-electron chi connectivity index (χ2n) is 6.35. The highest BCUT2D eigenvalue weighted by atomic mass is 19.4. The van der Waals surface area contributed by atoms with Crippen molar-refractivity contribution in [2.75, 3.05) is 5.32 Å². The number of carbonyl (C=O) groups excluding carboxylic acids is 2. The van der Waals surface area contributed by atoms with Gasteiger partial charge in [-0.05, 0) is 50.2 Å². The van der Waals surface area contributed by atoms with Gasteiger partial charge in [0.2, 0.25) is 0 Å². The second-order valence-corrected chi connectivity index (χ2v) is 6.35. The normalized spacial score (nSPS) is 12.2. The zero-order valence-corrected chi connectivity index (χ0v) is 16.4. The molecule has 11 heteroatoms. The van der Waals surface area contributed by atoms with Crippen LogP contribution in [0.3, 0.4) is 0 Å². The van der Waals surface area contributed by atoms with Crippen LogP contribution in [0.4, 0.5) is 18.9 Å². The van der Waals surface area contributed by atoms with E-state index >= 15 is 0 Å². The van der Waals surface area contributed by atoms with Gasteiger partial charge >= 0.3 is 12.3 Å². The van der Waals surface area contributed by atoms with E-state index in [9.17, 15) is 22.8 Å². The van der Waals surface area contributed by atoms with Crippen LogP contribution in [0.1, 0.15) is 23.0 Å². The summed E-state index contributed by atoms with van der Waals surface area (Å²) in [5.41, 5.74) is 0.858. The first-order valence-electron chi connectivity index (χ1n) is 8.98. The van der Waals surface area contributed by atoms with Crippen molar-refractivity contribution in [3.8, 4) is 11.6 Å². The summed E-state index contributed by atoms with van der Waals surface area (Å²) in [6.07, 6.45) is -3.08. The van der Waals surface area contributed by atoms with Gasteiger partial charge in [0.1, 0.15) is 11.3 Å². The average molecular weight is 434 g/mol. The maximum absolute atomic E-state index is 12.5. The monoisotopic (exact) mass is 434 g/mol. The van der Waals surface area contributed by atoms with Crippen LogP contribution in [0, 0.1) is 6.92 Å². The fraction of sp³-hybridized carbons (Fsp3) is 0.200. The Labute approximate surface area is 174 Å². The molecule has 1 aromatic carbocycles. The van der Waals surface area contributed by atoms with E-state index in [1.54, 1.807) is 31.3 Å². The standard InChI is InChI=1S/C20H17F3N4O4/c1-12-16(11-25-27(12)17-5-3-4-10-24-17)19(29)30-13(2)18(28)26-14-6-8-15(9-7-14)31-20(21,22)23/h3-11,13H,1-2H3,(H,26,28). The van der Waals surface area contributed by atoms with E-state index in [1.165, 1.54) is 29.9 Å². The van der Waals surface area contributed by atoms with Crippen LogP contribution in [0.25, 0.3) is 5.82 Å². The number of rotatable bonds is 6. The number of pyridine rings is 1. The summed E-state index contributed by atoms with van der Waals surface area (Å²) in [7, 11) is 0. The van der Waals surface area contributed by atoms with E-state index in [-0.39, 0.29) is 11.3 Å². The molecule has 1 unspecified atom stereocenters. The van der Waals surface area contributed by atoms with E-state index in [2.05, 4.69) is 20.1 Å². The topological polar surface area (TPSA) is 95.3 Å². The van der Waals surface area contributed by atoms with Gasteiger partial charge in [-0.3, -0.25) is 4.79 Å². The van der Waals surface area contributed by atoms with Crippen LogP contribution in [0.15, 0.2) is 54.9 Å². The first-order valence-corrected chi connectivity index (χ1v) is 8.98. The molecule has 1 amide bonds. The van der Waals surface area contributed by atoms with Crippen LogP contribution in [-0.2, 0) is 9.53 Å². The number of nitrogens with zero attached hydrogens (tertiary/aromatic N) is 3. The van der Waals surface area contributed by atoms with Crippen molar-refractivity contribution in [1.29, 1.82) is 0 Å². The molecule has 1 atom stereocenters. The lowest BCUT2D eigenvalue weighted by molar-refractivity contribution is -0.274. The fourth-order valence-electron chi connectivity index (χ4n) is 2.58. The Hall–Kier alpha value is -3.89. The number of esters is 1. The second kappa shape index (κ2) is 8.86. The Morgan fingerprint density at radius 1 is 1.13 bits per heavy atom. The summed E-state index contributed by atoms with van der Waals surface area (Å²) in [6.45, 7) is 3.03. The van der Waals surface area contributed by atoms with Crippen molar-refractivity contribution in [2.45, 2.75) is 26.3 Å². The Morgan fingerprint density at radius 2 is 1.84 bits per heavy atom. The largest absolute Gasteiger partial charge is 0.573 e. The summed E-state index contributed by atoms with van der Waals surface area (Å²) in [4.78, 5) is 28.9. The van der Waals surface area contributed by atoms with Crippen LogP contribution in [0.2, 0.25) is 0 Å². The number of aromatic nitrogens is 3. The molecule has 162 valence electrons. The van der Waals surface area contributed by atoms with Crippen molar-refractivity contribution in [2.24, 2.45) is 0 Å². The average Bonchev–Trinajstić information content (AvgIpc) is 3.10. The fourth-order valence-corrected chi connectivity index (χ4v) is 2.58. The molecule has 0 aliphatic rings. The number of alkyl halides is 3. The molecule has 0 spiro atoms. The predicted molar refractivity (Wildman–Crippen MR) is 103 cm³/mol. The molecule has 2 heterocycles. The Bertz CT molecular complexity index is 1070. The first-order chi connectivity index (χ1) is 14.6. The maximum atomic E-state index is 12.5. The molecule has 0 fully saturated rings. The van der Waals surface area contributed by atoms with Gasteiger partial charge in [-0.2, -0.15) is 5.10 Å². The molecule has 0 aliphatic heterocycles. The van der Waals surface area contributed by atoms with Crippen LogP contribution in [-0.4, -0.2) is 39.1 Å². The molecule has 0 saturated carbocycles. The van der Waals surface area contributed by atoms with Crippen LogP contribution in [0.5, 0.6) is 5.75 Å². The summed E-state index contributed by atoms with van der Waals surface area (Å²) >= 11 is 0. The molecular formula is C20H17F3N4O4. The zero-order chi connectivity index (χ0) is 22.6. The van der Waals surface area contributed by atoms with Gasteiger partial charge in [0.15, 0.2) is 11.9 Å². The van der Waals surface area contributed by atoms with E-state index in [0.29, 0.717) is 11.5 Å². The Balaban J connectivity index is 1.61. The van der Waals surface area contributed by atoms with Crippen molar-refractivity contribution in [3.05, 3.63) is 66.1 Å². The number of ether oxygens (including phenoxy) is 2. The summed E-state index contributed by atoms with van der Waals surface area (Å²) in [5, 5.41) is 6.57. The number of halogens is 3. The lowest BCUT2D eigenvalue weighted by Crippen LogP contribution is -2.30. The van der Waals surface area contributed by atoms with Crippen LogP contribution >= 0.6 is 0 Å². The number of amides is 1. The molecule has 31 heavy (non-hydrogen) atoms. The highest BCUT2D eigenvalue weighted by molar-refractivity contribution is 5.97. The maximum Gasteiger partial charge on any atom is 0.573 e. The Morgan fingerprint density at radius 3 is 2.45 bits per heavy atom. The molecule has 0 radical (unpaired) electrons. The number of carbonyl (C=O) groups is 2. The molecule has 8 nitrogen and oxygen atoms in total. The van der Waals surface area contributed by atoms with Gasteiger partial charge < -0.3 is 14.8 Å². The molecule has 3 rings (SSSR count). The first kappa shape index (κ1) is 21.8. The lowest BCUT2D eigenvalue weighted by atomic mass is 10.2. The van der Waals surface area contributed by atoms with E-state index in [1.807, 2.05) is 0 Å². The van der Waals surface area contributed by atoms with Gasteiger partial charge in [0.25, 0.3) is 5.91 Å². The third-order valence-electron chi connectivity index (χ3n) is 4.10. The molecule has 0 bridgehead atoms. The predicted octanol–water partition coefficient (Wildman–Crippen LogP) is 3.66. The summed E-state index contributed by atoms with van der Waals surface area (Å²) in [6, 6.07) is 9.80. The zero-order valence-electron chi connectivity index (χ0n) is 16.4. The Kier molecular flexibility index (Phi) is 6.23. The van der Waals surface area contributed by atoms with Crippen molar-refractivity contribution in [1.82, 2.24) is 14.8 Å². The van der Waals surface area contributed by atoms with Gasteiger partial charge in [-0.15, -0.1) is 13.2 Å². The summed E-state index contributed by atoms with van der Waals surface area (Å²) < 4.78 is 47.0. The van der Waals surface area contributed by atoms with E-state index < -0.39 is 30.1 Å². The minimum Gasteiger partial charge on any atom is -0.449 e. The lowest BCUT2D eigenvalue weighted by Gasteiger charge is -2.14. The van der Waals surface area contributed by atoms with Gasteiger partial charge in [0, 0.05) is 11.9 Å². The number of hydrogen-bond donors (Lipinski definition) is 1. The van der Waals surface area contributed by atoms with Crippen molar-refractivity contribution >= 4 is 17.6 Å². The van der Waals surface area contributed by atoms with Crippen molar-refractivity contribution < 1.29 is 32.2 Å². The number of anilines is 1. The van der Waals surface area contributed by atoms with E-state index in [4.69, 9.17) is 4.74 Å². The molecule has 2 aromatic heterocycles. The SMILES string of the molecule is Cc1c(C(=O)OC(C)C(=O)Nc2ccc(OC(F)(F)F)cc2)cnn1-c1ccccn1. The number of nitrogens with one attached hydrogen (secondary N) is 1.